The van der Waals surface area contributed by atoms with Gasteiger partial charge in [0.1, 0.15) is 0 Å². The Kier molecular flexibility index (Phi) is 11.5. The second kappa shape index (κ2) is 14.1. The van der Waals surface area contributed by atoms with Crippen LogP contribution in [0.3, 0.4) is 0 Å². The molecular weight excluding hydrogens is 614 g/mol. The van der Waals surface area contributed by atoms with Gasteiger partial charge >= 0.3 is 97.8 Å². The van der Waals surface area contributed by atoms with Crippen LogP contribution in [-0.2, 0) is 13.5 Å². The van der Waals surface area contributed by atoms with Gasteiger partial charge in [0.25, 0.3) is 0 Å². The summed E-state index contributed by atoms with van der Waals surface area (Å²) in [4.78, 5) is 4.75. The normalized spacial score (nSPS) is 15.3. The van der Waals surface area contributed by atoms with Crippen molar-refractivity contribution >= 4 is 35.4 Å². The fraction of sp³-hybridized carbons (Fsp3) is 0.375. The largest absolute Gasteiger partial charge is 0.501 e. The van der Waals surface area contributed by atoms with Gasteiger partial charge in [-0.05, 0) is 63.8 Å². The van der Waals surface area contributed by atoms with Crippen LogP contribution in [0.1, 0.15) is 52.8 Å². The van der Waals surface area contributed by atoms with E-state index in [0.29, 0.717) is 12.6 Å². The van der Waals surface area contributed by atoms with Crippen molar-refractivity contribution < 1.29 is 18.3 Å². The first-order valence-corrected chi connectivity index (χ1v) is 18.7. The minimum atomic E-state index is -1.77. The molecule has 2 N–H and O–H groups in total. The molecule has 1 aliphatic rings. The molecule has 0 bridgehead atoms. The van der Waals surface area contributed by atoms with Crippen molar-refractivity contribution in [1.82, 2.24) is 0 Å². The summed E-state index contributed by atoms with van der Waals surface area (Å²) < 4.78 is 7.51. The van der Waals surface area contributed by atoms with E-state index in [0.717, 1.165) is 17.9 Å². The maximum atomic E-state index is 6.14. The predicted octanol–water partition coefficient (Wildman–Crippen LogP) is 7.86. The van der Waals surface area contributed by atoms with Crippen LogP contribution < -0.4 is 20.3 Å². The van der Waals surface area contributed by atoms with E-state index in [9.17, 15) is 0 Å². The molecule has 1 atom stereocenters. The number of rotatable bonds is 6. The van der Waals surface area contributed by atoms with E-state index < -0.39 is 13.5 Å². The first kappa shape index (κ1) is 31.6. The van der Waals surface area contributed by atoms with Crippen LogP contribution in [0.5, 0.6) is 5.75 Å². The van der Waals surface area contributed by atoms with Crippen LogP contribution in [-0.4, -0.2) is 29.8 Å². The molecule has 0 saturated carbocycles. The number of hydrogen-bond acceptors (Lipinski definition) is 4. The maximum Gasteiger partial charge on any atom is 0.0296 e. The number of halogens is 2. The molecule has 0 spiro atoms. The van der Waals surface area contributed by atoms with E-state index in [4.69, 9.17) is 29.9 Å². The maximum absolute atomic E-state index is 6.14. The third-order valence-electron chi connectivity index (χ3n) is 6.62. The Balaban J connectivity index is 0.000000255. The van der Waals surface area contributed by atoms with Gasteiger partial charge in [-0.3, -0.25) is 0 Å². The quantitative estimate of drug-likeness (QED) is 0.217. The van der Waals surface area contributed by atoms with Gasteiger partial charge in [-0.25, -0.2) is 0 Å². The summed E-state index contributed by atoms with van der Waals surface area (Å²) in [5.74, 6) is 0.850. The van der Waals surface area contributed by atoms with E-state index in [2.05, 4.69) is 82.3 Å². The Hall–Kier alpha value is -1.91. The second-order valence-corrected chi connectivity index (χ2v) is 16.3. The van der Waals surface area contributed by atoms with Gasteiger partial charge in [-0.1, -0.05) is 35.4 Å². The van der Waals surface area contributed by atoms with Gasteiger partial charge in [-0.2, -0.15) is 6.67 Å². The van der Waals surface area contributed by atoms with E-state index in [-0.39, 0.29) is 6.10 Å². The van der Waals surface area contributed by atoms with Gasteiger partial charge in [0, 0.05) is 30.5 Å². The Morgan fingerprint density at radius 2 is 1.44 bits per heavy atom. The van der Waals surface area contributed by atoms with Crippen LogP contribution in [0.15, 0.2) is 48.5 Å². The fourth-order valence-corrected chi connectivity index (χ4v) is 7.20. The number of aryl methyl sites for hydroxylation is 6. The van der Waals surface area contributed by atoms with Gasteiger partial charge in [-0.15, -0.1) is 0 Å². The third-order valence-corrected chi connectivity index (χ3v) is 8.45. The van der Waals surface area contributed by atoms with Crippen molar-refractivity contribution in [3.63, 3.8) is 0 Å². The molecule has 1 heterocycles. The Morgan fingerprint density at radius 3 is 1.92 bits per heavy atom. The first-order chi connectivity index (χ1) is 18.4. The summed E-state index contributed by atoms with van der Waals surface area (Å²) in [5, 5.41) is 0. The molecule has 214 valence electrons. The van der Waals surface area contributed by atoms with Crippen LogP contribution in [0.25, 0.3) is 0 Å². The van der Waals surface area contributed by atoms with Crippen molar-refractivity contribution in [1.29, 1.82) is 0 Å². The summed E-state index contributed by atoms with van der Waals surface area (Å²) in [5.41, 5.74) is 17.6. The zero-order valence-electron chi connectivity index (χ0n) is 24.3. The molecule has 0 aromatic heterocycles. The molecule has 7 heteroatoms. The third kappa shape index (κ3) is 8.30. The van der Waals surface area contributed by atoms with Gasteiger partial charge < -0.3 is 15.5 Å². The summed E-state index contributed by atoms with van der Waals surface area (Å²) in [6.45, 7) is 20.9. The zero-order valence-corrected chi connectivity index (χ0v) is 27.6. The van der Waals surface area contributed by atoms with Crippen LogP contribution >= 0.6 is 19.4 Å². The molecule has 4 nitrogen and oxygen atoms in total. The molecule has 4 rings (SSSR count). The molecule has 1 saturated heterocycles. The molecule has 0 amide bonds. The van der Waals surface area contributed by atoms with Crippen molar-refractivity contribution in [2.45, 2.75) is 67.5 Å². The molecular formula is C32H42Cl2N3ORu-. The topological polar surface area (TPSA) is 41.7 Å². The molecule has 3 aromatic carbocycles. The Bertz CT molecular complexity index is 1270. The number of ether oxygens (including phenoxy) is 1. The summed E-state index contributed by atoms with van der Waals surface area (Å²) in [7, 11) is 11.6. The molecule has 1 fully saturated rings. The van der Waals surface area contributed by atoms with Crippen LogP contribution in [0, 0.1) is 48.2 Å². The molecule has 0 radical (unpaired) electrons. The van der Waals surface area contributed by atoms with Gasteiger partial charge in [0.2, 0.25) is 0 Å². The number of nitrogens with zero attached hydrogens (tertiary/aromatic N) is 2. The standard InChI is InChI=1S/C22H30N3.C10H12O.2ClH.Ru/c1-14-7-16(3)21(17(4)8-14)24-12-20(11-23)25(13-24)22-18(5)9-15(2)10-19(22)6;1-8(2)11-10-7-5-4-6-9(10)3;;;/h7-10,13,20H,11-12,23H2,1-6H3;3-8H,1-2H3;2*1H;/q-1;;;;+2/p-2. The summed E-state index contributed by atoms with van der Waals surface area (Å²) >= 11 is -1.77. The molecule has 3 aromatic rings. The van der Waals surface area contributed by atoms with Crippen molar-refractivity contribution in [3.8, 4) is 5.75 Å². The average Bonchev–Trinajstić information content (AvgIpc) is 3.22. The van der Waals surface area contributed by atoms with Crippen LogP contribution in [0.2, 0.25) is 0 Å². The average molecular weight is 657 g/mol. The number of nitrogens with two attached hydrogens (primary N) is 1. The van der Waals surface area contributed by atoms with Gasteiger partial charge in [0.15, 0.2) is 0 Å². The van der Waals surface area contributed by atoms with E-state index >= 15 is 0 Å². The molecule has 39 heavy (non-hydrogen) atoms. The van der Waals surface area contributed by atoms with Gasteiger partial charge in [0.05, 0.1) is 0 Å². The first-order valence-electron chi connectivity index (χ1n) is 13.3. The fourth-order valence-electron chi connectivity index (χ4n) is 5.40. The van der Waals surface area contributed by atoms with Crippen molar-refractivity contribution in [3.05, 3.63) is 94.1 Å². The molecule has 0 aliphatic carbocycles. The number of benzene rings is 3. The molecule has 1 aliphatic heterocycles. The Labute approximate surface area is 248 Å². The smallest absolute Gasteiger partial charge is 0.0296 e. The SMILES string of the molecule is CC(C)Oc1ccccc1[CH]=[Ru]([Cl])[Cl].Cc1cc(C)c(N2[CH-]N(c3c(C)cc(C)cc3C)C(CN)C2)c(C)c1. The number of para-hydroxylation sites is 1. The summed E-state index contributed by atoms with van der Waals surface area (Å²) in [6, 6.07) is 17.1. The van der Waals surface area contributed by atoms with Crippen molar-refractivity contribution in [2.24, 2.45) is 5.73 Å². The van der Waals surface area contributed by atoms with E-state index in [1.165, 1.54) is 44.8 Å². The monoisotopic (exact) mass is 656 g/mol. The zero-order chi connectivity index (χ0) is 28.9. The minimum absolute atomic E-state index is 0.163. The Morgan fingerprint density at radius 1 is 0.923 bits per heavy atom. The number of anilines is 2. The van der Waals surface area contributed by atoms with Crippen LogP contribution in [0.4, 0.5) is 11.4 Å². The minimum Gasteiger partial charge on any atom is -0.501 e. The van der Waals surface area contributed by atoms with Crippen molar-refractivity contribution in [2.75, 3.05) is 22.9 Å². The predicted molar refractivity (Wildman–Crippen MR) is 167 cm³/mol. The molecule has 1 unspecified atom stereocenters. The van der Waals surface area contributed by atoms with E-state index in [1.54, 1.807) is 0 Å². The second-order valence-electron chi connectivity index (χ2n) is 10.6. The summed E-state index contributed by atoms with van der Waals surface area (Å²) in [6.07, 6.45) is 0.163. The number of hydrogen-bond donors (Lipinski definition) is 1. The van der Waals surface area contributed by atoms with E-state index in [1.807, 2.05) is 42.7 Å².